The number of halogens is 2. The van der Waals surface area contributed by atoms with E-state index in [0.29, 0.717) is 28.7 Å². The maximum Gasteiger partial charge on any atom is 0.243 e. The summed E-state index contributed by atoms with van der Waals surface area (Å²) in [6, 6.07) is 13.1. The van der Waals surface area contributed by atoms with Gasteiger partial charge in [0.2, 0.25) is 15.9 Å². The van der Waals surface area contributed by atoms with E-state index in [2.05, 4.69) is 0 Å². The predicted molar refractivity (Wildman–Crippen MR) is 106 cm³/mol. The maximum atomic E-state index is 13.1. The molecule has 1 fully saturated rings. The third-order valence-corrected chi connectivity index (χ3v) is 7.04. The van der Waals surface area contributed by atoms with Crippen molar-refractivity contribution in [2.45, 2.75) is 24.3 Å². The van der Waals surface area contributed by atoms with Crippen molar-refractivity contribution in [3.63, 3.8) is 0 Å². The van der Waals surface area contributed by atoms with Crippen LogP contribution in [0, 0.1) is 0 Å². The number of carbonyl (C=O) groups excluding carboxylic acids is 1. The molecule has 2 aromatic rings. The van der Waals surface area contributed by atoms with Crippen molar-refractivity contribution in [1.82, 2.24) is 9.21 Å². The van der Waals surface area contributed by atoms with Crippen LogP contribution in [0.4, 0.5) is 0 Å². The normalized spacial score (nSPS) is 14.7. The third-order valence-electron chi connectivity index (χ3n) is 4.49. The van der Waals surface area contributed by atoms with Crippen LogP contribution >= 0.6 is 23.2 Å². The molecule has 0 spiro atoms. The van der Waals surface area contributed by atoms with Crippen molar-refractivity contribution in [2.75, 3.05) is 19.6 Å². The highest BCUT2D eigenvalue weighted by Gasteiger charge is 2.29. The molecular formula is C19H20Cl2N2O3S. The van der Waals surface area contributed by atoms with E-state index in [1.807, 2.05) is 0 Å². The lowest BCUT2D eigenvalue weighted by atomic mass is 10.2. The summed E-state index contributed by atoms with van der Waals surface area (Å²) < 4.78 is 27.5. The molecule has 0 aliphatic carbocycles. The molecule has 1 aliphatic rings. The number of carbonyl (C=O) groups is 1. The van der Waals surface area contributed by atoms with Crippen molar-refractivity contribution in [1.29, 1.82) is 0 Å². The Morgan fingerprint density at radius 1 is 1.00 bits per heavy atom. The highest BCUT2D eigenvalue weighted by atomic mass is 35.5. The van der Waals surface area contributed by atoms with E-state index in [-0.39, 0.29) is 23.9 Å². The van der Waals surface area contributed by atoms with Gasteiger partial charge in [0, 0.05) is 19.6 Å². The van der Waals surface area contributed by atoms with E-state index >= 15 is 0 Å². The Hall–Kier alpha value is -1.60. The molecule has 2 aromatic carbocycles. The molecule has 0 N–H and O–H groups in total. The molecule has 0 radical (unpaired) electrons. The number of amides is 1. The highest BCUT2D eigenvalue weighted by Crippen LogP contribution is 2.25. The summed E-state index contributed by atoms with van der Waals surface area (Å²) in [5, 5.41) is 0.739. The van der Waals surface area contributed by atoms with Crippen LogP contribution < -0.4 is 0 Å². The van der Waals surface area contributed by atoms with Crippen LogP contribution in [-0.4, -0.2) is 43.2 Å². The summed E-state index contributed by atoms with van der Waals surface area (Å²) >= 11 is 12.0. The molecule has 0 aromatic heterocycles. The molecule has 1 aliphatic heterocycles. The number of hydrogen-bond acceptors (Lipinski definition) is 3. The first-order valence-corrected chi connectivity index (χ1v) is 10.8. The summed E-state index contributed by atoms with van der Waals surface area (Å²) in [5.74, 6) is -0.188. The number of hydrogen-bond donors (Lipinski definition) is 0. The summed E-state index contributed by atoms with van der Waals surface area (Å²) in [5.41, 5.74) is 0.665. The van der Waals surface area contributed by atoms with Gasteiger partial charge in [-0.05, 0) is 42.7 Å². The van der Waals surface area contributed by atoms with Crippen molar-refractivity contribution in [3.8, 4) is 0 Å². The fourth-order valence-corrected chi connectivity index (χ4v) is 4.75. The zero-order valence-electron chi connectivity index (χ0n) is 14.6. The molecule has 1 heterocycles. The van der Waals surface area contributed by atoms with Gasteiger partial charge in [-0.25, -0.2) is 8.42 Å². The maximum absolute atomic E-state index is 13.1. The minimum atomic E-state index is -3.84. The molecule has 0 saturated carbocycles. The van der Waals surface area contributed by atoms with Gasteiger partial charge in [0.25, 0.3) is 0 Å². The molecule has 0 bridgehead atoms. The monoisotopic (exact) mass is 426 g/mol. The first-order valence-electron chi connectivity index (χ1n) is 8.65. The molecule has 0 atom stereocenters. The number of benzene rings is 2. The van der Waals surface area contributed by atoms with E-state index < -0.39 is 10.0 Å². The predicted octanol–water partition coefficient (Wildman–Crippen LogP) is 3.81. The smallest absolute Gasteiger partial charge is 0.243 e. The zero-order chi connectivity index (χ0) is 19.4. The van der Waals surface area contributed by atoms with Crippen LogP contribution in [0.3, 0.4) is 0 Å². The van der Waals surface area contributed by atoms with E-state index in [1.165, 1.54) is 16.4 Å². The van der Waals surface area contributed by atoms with Crippen LogP contribution in [0.15, 0.2) is 53.4 Å². The Morgan fingerprint density at radius 2 is 1.67 bits per heavy atom. The molecule has 3 rings (SSSR count). The Labute approximate surface area is 169 Å². The lowest BCUT2D eigenvalue weighted by molar-refractivity contribution is -0.130. The highest BCUT2D eigenvalue weighted by molar-refractivity contribution is 7.89. The number of likely N-dealkylation sites (tertiary alicyclic amines) is 1. The van der Waals surface area contributed by atoms with Crippen LogP contribution in [0.1, 0.15) is 18.4 Å². The van der Waals surface area contributed by atoms with E-state index in [0.717, 1.165) is 12.8 Å². The second-order valence-corrected chi connectivity index (χ2v) is 9.17. The second kappa shape index (κ2) is 8.61. The van der Waals surface area contributed by atoms with Crippen LogP contribution in [0.25, 0.3) is 0 Å². The standard InChI is InChI=1S/C19H20Cl2N2O3S/c20-17-9-8-15(12-18(17)21)13-23(14-19(24)22-10-4-5-11-22)27(25,26)16-6-2-1-3-7-16/h1-3,6-9,12H,4-5,10-11,13-14H2. The fourth-order valence-electron chi connectivity index (χ4n) is 3.03. The second-order valence-electron chi connectivity index (χ2n) is 6.42. The lowest BCUT2D eigenvalue weighted by Crippen LogP contribution is -2.41. The molecule has 1 saturated heterocycles. The van der Waals surface area contributed by atoms with Gasteiger partial charge >= 0.3 is 0 Å². The van der Waals surface area contributed by atoms with Gasteiger partial charge < -0.3 is 4.90 Å². The molecule has 5 nitrogen and oxygen atoms in total. The first kappa shape index (κ1) is 20.1. The van der Waals surface area contributed by atoms with E-state index in [4.69, 9.17) is 23.2 Å². The van der Waals surface area contributed by atoms with Crippen molar-refractivity contribution in [2.24, 2.45) is 0 Å². The number of sulfonamides is 1. The molecule has 8 heteroatoms. The van der Waals surface area contributed by atoms with Crippen molar-refractivity contribution >= 4 is 39.1 Å². The van der Waals surface area contributed by atoms with Gasteiger partial charge in [-0.3, -0.25) is 4.79 Å². The van der Waals surface area contributed by atoms with Gasteiger partial charge in [-0.15, -0.1) is 0 Å². The average Bonchev–Trinajstić information content (AvgIpc) is 3.20. The largest absolute Gasteiger partial charge is 0.342 e. The van der Waals surface area contributed by atoms with Crippen LogP contribution in [-0.2, 0) is 21.4 Å². The Balaban J connectivity index is 1.90. The van der Waals surface area contributed by atoms with Crippen molar-refractivity contribution in [3.05, 3.63) is 64.1 Å². The molecule has 144 valence electrons. The fraction of sp³-hybridized carbons (Fsp3) is 0.316. The average molecular weight is 427 g/mol. The summed E-state index contributed by atoms with van der Waals surface area (Å²) in [4.78, 5) is 14.5. The quantitative estimate of drug-likeness (QED) is 0.705. The minimum Gasteiger partial charge on any atom is -0.342 e. The van der Waals surface area contributed by atoms with Gasteiger partial charge in [0.05, 0.1) is 21.5 Å². The Kier molecular flexibility index (Phi) is 6.42. The van der Waals surface area contributed by atoms with Crippen molar-refractivity contribution < 1.29 is 13.2 Å². The molecule has 27 heavy (non-hydrogen) atoms. The Bertz CT molecular complexity index is 914. The van der Waals surface area contributed by atoms with Gasteiger partial charge in [-0.2, -0.15) is 4.31 Å². The SMILES string of the molecule is O=C(CN(Cc1ccc(Cl)c(Cl)c1)S(=O)(=O)c1ccccc1)N1CCCC1. The summed E-state index contributed by atoms with van der Waals surface area (Å²) in [6.45, 7) is 1.17. The molecule has 1 amide bonds. The van der Waals surface area contributed by atoms with Gasteiger partial charge in [-0.1, -0.05) is 47.5 Å². The number of rotatable bonds is 6. The van der Waals surface area contributed by atoms with Gasteiger partial charge in [0.15, 0.2) is 0 Å². The third kappa shape index (κ3) is 4.82. The lowest BCUT2D eigenvalue weighted by Gasteiger charge is -2.25. The summed E-state index contributed by atoms with van der Waals surface area (Å²) in [7, 11) is -3.84. The van der Waals surface area contributed by atoms with Crippen LogP contribution in [0.5, 0.6) is 0 Å². The number of nitrogens with zero attached hydrogens (tertiary/aromatic N) is 2. The topological polar surface area (TPSA) is 57.7 Å². The first-order chi connectivity index (χ1) is 12.9. The summed E-state index contributed by atoms with van der Waals surface area (Å²) in [6.07, 6.45) is 1.90. The van der Waals surface area contributed by atoms with Crippen LogP contribution in [0.2, 0.25) is 10.0 Å². The van der Waals surface area contributed by atoms with E-state index in [9.17, 15) is 13.2 Å². The minimum absolute atomic E-state index is 0.0354. The molecular weight excluding hydrogens is 407 g/mol. The zero-order valence-corrected chi connectivity index (χ0v) is 17.0. The molecule has 0 unspecified atom stereocenters. The van der Waals surface area contributed by atoms with Gasteiger partial charge in [0.1, 0.15) is 0 Å². The Morgan fingerprint density at radius 3 is 2.30 bits per heavy atom. The van der Waals surface area contributed by atoms with E-state index in [1.54, 1.807) is 41.3 Å².